The Morgan fingerprint density at radius 3 is 2.30 bits per heavy atom. The lowest BCUT2D eigenvalue weighted by molar-refractivity contribution is -0.224. The average molecular weight is 390 g/mol. The van der Waals surface area contributed by atoms with E-state index >= 15 is 0 Å². The zero-order valence-corrected chi connectivity index (χ0v) is 15.6. The summed E-state index contributed by atoms with van der Waals surface area (Å²) >= 11 is 1.26. The van der Waals surface area contributed by atoms with Crippen LogP contribution in [0.25, 0.3) is 0 Å². The molecule has 0 amide bonds. The van der Waals surface area contributed by atoms with Gasteiger partial charge in [-0.15, -0.1) is 0 Å². The summed E-state index contributed by atoms with van der Waals surface area (Å²) in [6.45, 7) is 0.191. The van der Waals surface area contributed by atoms with E-state index in [0.717, 1.165) is 10.5 Å². The maximum absolute atomic E-state index is 12.0. The van der Waals surface area contributed by atoms with Gasteiger partial charge >= 0.3 is 5.97 Å². The summed E-state index contributed by atoms with van der Waals surface area (Å²) in [5.74, 6) is -0.707. The Kier molecular flexibility index (Phi) is 6.87. The SMILES string of the molecule is COC(=O)C1O[C@@H](Sc2ccccc2)C(O)[C@H](OCc2ccccc2)[C@@H]1O. The number of carbonyl (C=O) groups is 1. The third-order valence-corrected chi connectivity index (χ3v) is 5.42. The zero-order chi connectivity index (χ0) is 19.2. The Bertz CT molecular complexity index is 726. The van der Waals surface area contributed by atoms with Crippen LogP contribution in [0.3, 0.4) is 0 Å². The highest BCUT2D eigenvalue weighted by Crippen LogP contribution is 2.35. The fourth-order valence-electron chi connectivity index (χ4n) is 2.84. The molecular formula is C20H22O6S. The van der Waals surface area contributed by atoms with Crippen molar-refractivity contribution in [2.45, 2.75) is 41.4 Å². The molecule has 2 aromatic rings. The van der Waals surface area contributed by atoms with Crippen molar-refractivity contribution >= 4 is 17.7 Å². The maximum Gasteiger partial charge on any atom is 0.337 e. The number of hydrogen-bond donors (Lipinski definition) is 2. The molecule has 1 saturated heterocycles. The third-order valence-electron chi connectivity index (χ3n) is 4.26. The van der Waals surface area contributed by atoms with Crippen molar-refractivity contribution in [1.29, 1.82) is 0 Å². The van der Waals surface area contributed by atoms with Crippen LogP contribution >= 0.6 is 11.8 Å². The van der Waals surface area contributed by atoms with E-state index in [1.165, 1.54) is 18.9 Å². The van der Waals surface area contributed by atoms with E-state index in [1.54, 1.807) is 0 Å². The minimum absolute atomic E-state index is 0.191. The predicted molar refractivity (Wildman–Crippen MR) is 100 cm³/mol. The van der Waals surface area contributed by atoms with Gasteiger partial charge in [-0.2, -0.15) is 0 Å². The first-order chi connectivity index (χ1) is 13.1. The van der Waals surface area contributed by atoms with Gasteiger partial charge in [0.1, 0.15) is 23.7 Å². The molecule has 1 aliphatic rings. The molecule has 0 bridgehead atoms. The largest absolute Gasteiger partial charge is 0.467 e. The number of aliphatic hydroxyl groups is 2. The van der Waals surface area contributed by atoms with Gasteiger partial charge in [0.15, 0.2) is 6.10 Å². The lowest BCUT2D eigenvalue weighted by atomic mass is 9.99. The second-order valence-electron chi connectivity index (χ2n) is 6.12. The van der Waals surface area contributed by atoms with Crippen molar-refractivity contribution in [3.8, 4) is 0 Å². The van der Waals surface area contributed by atoms with E-state index in [9.17, 15) is 15.0 Å². The molecule has 144 valence electrons. The van der Waals surface area contributed by atoms with Gasteiger partial charge in [0, 0.05) is 4.90 Å². The van der Waals surface area contributed by atoms with E-state index in [2.05, 4.69) is 0 Å². The van der Waals surface area contributed by atoms with Crippen LogP contribution in [-0.4, -0.2) is 53.1 Å². The number of methoxy groups -OCH3 is 1. The Balaban J connectivity index is 1.77. The lowest BCUT2D eigenvalue weighted by Gasteiger charge is -2.41. The molecule has 27 heavy (non-hydrogen) atoms. The molecule has 7 heteroatoms. The Labute approximate surface area is 162 Å². The van der Waals surface area contributed by atoms with Gasteiger partial charge < -0.3 is 24.4 Å². The molecule has 2 aromatic carbocycles. The minimum Gasteiger partial charge on any atom is -0.467 e. The Morgan fingerprint density at radius 1 is 1.04 bits per heavy atom. The molecule has 0 aliphatic carbocycles. The highest BCUT2D eigenvalue weighted by Gasteiger charge is 2.49. The second-order valence-corrected chi connectivity index (χ2v) is 7.29. The van der Waals surface area contributed by atoms with Gasteiger partial charge in [-0.25, -0.2) is 4.79 Å². The summed E-state index contributed by atoms with van der Waals surface area (Å²) in [4.78, 5) is 12.9. The van der Waals surface area contributed by atoms with Crippen molar-refractivity contribution in [2.75, 3.05) is 7.11 Å². The van der Waals surface area contributed by atoms with E-state index in [4.69, 9.17) is 14.2 Å². The number of carbonyl (C=O) groups excluding carboxylic acids is 1. The summed E-state index contributed by atoms with van der Waals surface area (Å²) in [5.41, 5.74) is 0.103. The van der Waals surface area contributed by atoms with Gasteiger partial charge in [-0.1, -0.05) is 60.3 Å². The van der Waals surface area contributed by atoms with Crippen molar-refractivity contribution in [3.63, 3.8) is 0 Å². The van der Waals surface area contributed by atoms with Gasteiger partial charge in [-0.3, -0.25) is 0 Å². The van der Waals surface area contributed by atoms with Crippen molar-refractivity contribution in [1.82, 2.24) is 0 Å². The average Bonchev–Trinajstić information content (AvgIpc) is 2.71. The number of ether oxygens (including phenoxy) is 3. The number of hydrogen-bond acceptors (Lipinski definition) is 7. The van der Waals surface area contributed by atoms with E-state index in [0.29, 0.717) is 0 Å². The van der Waals surface area contributed by atoms with Crippen LogP contribution in [0.1, 0.15) is 5.56 Å². The first-order valence-electron chi connectivity index (χ1n) is 8.57. The molecule has 0 aromatic heterocycles. The fourth-order valence-corrected chi connectivity index (χ4v) is 3.89. The van der Waals surface area contributed by atoms with Gasteiger partial charge in [0.05, 0.1) is 13.7 Å². The number of benzene rings is 2. The summed E-state index contributed by atoms with van der Waals surface area (Å²) in [7, 11) is 1.22. The van der Waals surface area contributed by atoms with Crippen LogP contribution in [0.15, 0.2) is 65.6 Å². The Morgan fingerprint density at radius 2 is 1.67 bits per heavy atom. The molecule has 2 unspecified atom stereocenters. The quantitative estimate of drug-likeness (QED) is 0.730. The van der Waals surface area contributed by atoms with Crippen LogP contribution in [0.2, 0.25) is 0 Å². The number of aliphatic hydroxyl groups excluding tert-OH is 2. The molecule has 0 radical (unpaired) electrons. The minimum atomic E-state index is -1.34. The topological polar surface area (TPSA) is 85.2 Å². The van der Waals surface area contributed by atoms with E-state index in [-0.39, 0.29) is 6.61 Å². The highest BCUT2D eigenvalue weighted by atomic mass is 32.2. The molecule has 6 nitrogen and oxygen atoms in total. The van der Waals surface area contributed by atoms with Crippen molar-refractivity contribution in [3.05, 3.63) is 66.2 Å². The van der Waals surface area contributed by atoms with Crippen molar-refractivity contribution < 1.29 is 29.2 Å². The van der Waals surface area contributed by atoms with Crippen LogP contribution in [0.4, 0.5) is 0 Å². The van der Waals surface area contributed by atoms with Crippen LogP contribution in [-0.2, 0) is 25.6 Å². The van der Waals surface area contributed by atoms with Gasteiger partial charge in [0.2, 0.25) is 0 Å². The Hall–Kier alpha value is -1.90. The highest BCUT2D eigenvalue weighted by molar-refractivity contribution is 7.99. The standard InChI is InChI=1S/C20H22O6S/c1-24-19(23)18-15(21)17(25-12-13-8-4-2-5-9-13)16(22)20(26-18)27-14-10-6-3-7-11-14/h2-11,15-18,20-22H,12H2,1H3/t15-,16?,17+,18?,20-/m0/s1. The summed E-state index contributed by atoms with van der Waals surface area (Å²) in [6.07, 6.45) is -4.71. The molecule has 0 spiro atoms. The zero-order valence-electron chi connectivity index (χ0n) is 14.8. The predicted octanol–water partition coefficient (Wildman–Crippen LogP) is 1.98. The first-order valence-corrected chi connectivity index (χ1v) is 9.45. The third kappa shape index (κ3) is 4.88. The number of thioether (sulfide) groups is 1. The summed E-state index contributed by atoms with van der Waals surface area (Å²) < 4.78 is 16.2. The molecule has 0 saturated carbocycles. The first kappa shape index (κ1) is 19.9. The van der Waals surface area contributed by atoms with Crippen LogP contribution in [0.5, 0.6) is 0 Å². The lowest BCUT2D eigenvalue weighted by Crippen LogP contribution is -2.59. The summed E-state index contributed by atoms with van der Waals surface area (Å²) in [5, 5.41) is 21.3. The molecule has 5 atom stereocenters. The van der Waals surface area contributed by atoms with Crippen LogP contribution in [0, 0.1) is 0 Å². The number of esters is 1. The molecule has 1 heterocycles. The molecule has 2 N–H and O–H groups in total. The van der Waals surface area contributed by atoms with Gasteiger partial charge in [0.25, 0.3) is 0 Å². The second kappa shape index (κ2) is 9.34. The summed E-state index contributed by atoms with van der Waals surface area (Å²) in [6, 6.07) is 18.8. The van der Waals surface area contributed by atoms with Crippen molar-refractivity contribution in [2.24, 2.45) is 0 Å². The smallest absolute Gasteiger partial charge is 0.337 e. The normalized spacial score (nSPS) is 27.9. The molecule has 1 aliphatic heterocycles. The monoisotopic (exact) mass is 390 g/mol. The fraction of sp³-hybridized carbons (Fsp3) is 0.350. The number of rotatable bonds is 6. The molecule has 1 fully saturated rings. The van der Waals surface area contributed by atoms with E-state index < -0.39 is 35.8 Å². The van der Waals surface area contributed by atoms with Crippen LogP contribution < -0.4 is 0 Å². The maximum atomic E-state index is 12.0. The van der Waals surface area contributed by atoms with Gasteiger partial charge in [-0.05, 0) is 17.7 Å². The molecule has 3 rings (SSSR count). The van der Waals surface area contributed by atoms with E-state index in [1.807, 2.05) is 60.7 Å². The molecular weight excluding hydrogens is 368 g/mol.